The van der Waals surface area contributed by atoms with Crippen molar-refractivity contribution in [2.45, 2.75) is 260 Å². The molecule has 0 aliphatic heterocycles. The molecule has 0 radical (unpaired) electrons. The van der Waals surface area contributed by atoms with Crippen LogP contribution in [-0.2, 0) is 80.9 Å². The standard InChI is InChI=1S/C87H112F20N4O26S2Si/c1-18-19-29-134-75(118)77(8,49-58(42-56(47-76(6,7)108-11)69(112)131-30-20-39-140(15,16)17)71(114)133-32-28-81(94,95)85(102,103)87(106,107)83(98,99)79(10,90)91)48-57(70(113)132-31-27-80(92,93)84(100,101)86(104,105)82(96,97)78(9,88)89)41-54(72(115)135-50(2)62-24-21-59(128-36-33-125-12)44-65(62)109(119)120)40-55(73(116)136-51(3)63-25-22-60(129-37-34-126-13)45-66(63)110(121)122)43-68(139-53(5)138)74(117)137-52(4)64-26-23-61(130-38-35-127-14)46-67(64)111(123)124/h21-26,44-46,50-52,54-58,68H,18-20,27-43,47-49H2,1-10,12-17H3. The highest BCUT2D eigenvalue weighted by molar-refractivity contribution is 8.23. The molecule has 30 nitrogen and oxygen atoms in total. The van der Waals surface area contributed by atoms with Gasteiger partial charge in [-0.25, -0.2) is 6.57 Å². The summed E-state index contributed by atoms with van der Waals surface area (Å²) in [4.78, 5) is 147. The van der Waals surface area contributed by atoms with E-state index in [1.165, 1.54) is 55.1 Å². The second kappa shape index (κ2) is 51.9. The first kappa shape index (κ1) is 124. The number of benzene rings is 3. The van der Waals surface area contributed by atoms with Crippen molar-refractivity contribution in [1.29, 1.82) is 0 Å². The Morgan fingerprint density at radius 2 is 0.743 bits per heavy atom. The van der Waals surface area contributed by atoms with E-state index in [0.717, 1.165) is 69.3 Å². The number of hydrogen-bond donors (Lipinski definition) is 0. The van der Waals surface area contributed by atoms with Gasteiger partial charge in [-0.1, -0.05) is 51.2 Å². The van der Waals surface area contributed by atoms with Crippen molar-refractivity contribution in [3.8, 4) is 17.2 Å². The van der Waals surface area contributed by atoms with E-state index in [4.69, 9.17) is 80.4 Å². The van der Waals surface area contributed by atoms with E-state index in [9.17, 15) is 79.0 Å². The Morgan fingerprint density at radius 3 is 1.06 bits per heavy atom. The number of rotatable bonds is 64. The lowest BCUT2D eigenvalue weighted by Gasteiger charge is -2.38. The van der Waals surface area contributed by atoms with Crippen molar-refractivity contribution in [3.05, 3.63) is 113 Å². The van der Waals surface area contributed by atoms with Gasteiger partial charge in [0.15, 0.2) is 0 Å². The number of esters is 7. The van der Waals surface area contributed by atoms with E-state index in [1.807, 2.05) is 19.6 Å². The number of methoxy groups -OCH3 is 3. The van der Waals surface area contributed by atoms with Crippen LogP contribution in [0.15, 0.2) is 54.6 Å². The predicted octanol–water partition coefficient (Wildman–Crippen LogP) is 21.5. The first-order chi connectivity index (χ1) is 64.2. The minimum Gasteiger partial charge on any atom is -0.491 e. The molecule has 0 heterocycles. The van der Waals surface area contributed by atoms with E-state index in [1.54, 1.807) is 0 Å². The van der Waals surface area contributed by atoms with E-state index >= 15 is 72.7 Å². The third-order valence-electron chi connectivity index (χ3n) is 21.8. The lowest BCUT2D eigenvalue weighted by atomic mass is 9.70. The normalized spacial score (nSPS) is 15.2. The quantitative estimate of drug-likeness (QED) is 0.00583. The summed E-state index contributed by atoms with van der Waals surface area (Å²) in [6, 6.07) is 9.46. The molecule has 3 aromatic carbocycles. The molecule has 3 rings (SSSR count). The number of hydrogen-bond acceptors (Lipinski definition) is 28. The average Bonchev–Trinajstić information content (AvgIpc) is 0.726. The van der Waals surface area contributed by atoms with Crippen LogP contribution in [0, 0.1) is 71.9 Å². The Morgan fingerprint density at radius 1 is 0.429 bits per heavy atom. The lowest BCUT2D eigenvalue weighted by molar-refractivity contribution is -0.399. The maximum atomic E-state index is 16.0. The van der Waals surface area contributed by atoms with Gasteiger partial charge in [-0.05, 0) is 122 Å². The fourth-order valence-corrected chi connectivity index (χ4v) is 16.4. The van der Waals surface area contributed by atoms with Gasteiger partial charge in [-0.2, -0.15) is 87.8 Å². The predicted molar refractivity (Wildman–Crippen MR) is 465 cm³/mol. The number of halogens is 20. The number of thiocarbonyl (C=S) groups is 1. The van der Waals surface area contributed by atoms with Crippen LogP contribution in [0.1, 0.15) is 181 Å². The molecule has 792 valence electrons. The van der Waals surface area contributed by atoms with Crippen molar-refractivity contribution >= 4 is 95.1 Å². The van der Waals surface area contributed by atoms with Gasteiger partial charge in [-0.3, -0.25) is 63.9 Å². The van der Waals surface area contributed by atoms with Crippen LogP contribution in [-0.4, -0.2) is 226 Å². The fourth-order valence-electron chi connectivity index (χ4n) is 14.0. The molecule has 0 aliphatic rings. The Bertz CT molecular complexity index is 4760. The van der Waals surface area contributed by atoms with Crippen molar-refractivity contribution in [2.24, 2.45) is 35.0 Å². The topological polar surface area (TPSA) is 373 Å². The molecule has 0 N–H and O–H groups in total. The van der Waals surface area contributed by atoms with Gasteiger partial charge in [0.1, 0.15) is 60.6 Å². The lowest BCUT2D eigenvalue weighted by Crippen LogP contribution is -2.66. The molecule has 0 bridgehead atoms. The zero-order chi connectivity index (χ0) is 107. The molecular weight excluding hydrogens is 1990 g/mol. The van der Waals surface area contributed by atoms with Gasteiger partial charge in [0, 0.05) is 67.7 Å². The summed E-state index contributed by atoms with van der Waals surface area (Å²) in [5.41, 5.74) is -8.90. The summed E-state index contributed by atoms with van der Waals surface area (Å²) >= 11 is 5.78. The van der Waals surface area contributed by atoms with Crippen molar-refractivity contribution < 1.29 is 198 Å². The van der Waals surface area contributed by atoms with Gasteiger partial charge in [-0.15, -0.1) is 11.8 Å². The fraction of sp³-hybridized carbons (Fsp3) is 0.690. The molecule has 0 saturated carbocycles. The Hall–Kier alpha value is -9.82. The first-order valence-corrected chi connectivity index (χ1v) is 48.0. The van der Waals surface area contributed by atoms with Gasteiger partial charge in [0.2, 0.25) is 5.54 Å². The molecule has 0 aromatic heterocycles. The zero-order valence-corrected chi connectivity index (χ0v) is 81.6. The monoisotopic (exact) mass is 2100 g/mol. The van der Waals surface area contributed by atoms with Crippen molar-refractivity contribution in [3.63, 3.8) is 0 Å². The maximum Gasteiger partial charge on any atom is 0.384 e. The Kier molecular flexibility index (Phi) is 46.1. The van der Waals surface area contributed by atoms with Crippen LogP contribution in [0.3, 0.4) is 0 Å². The molecule has 140 heavy (non-hydrogen) atoms. The number of nitro groups is 3. The number of carbonyl (C=O) groups excluding carboxylic acids is 7. The summed E-state index contributed by atoms with van der Waals surface area (Å²) in [6.07, 6.45) is -21.7. The highest BCUT2D eigenvalue weighted by Crippen LogP contribution is 2.60. The maximum absolute atomic E-state index is 16.0. The van der Waals surface area contributed by atoms with Crippen LogP contribution in [0.5, 0.6) is 17.2 Å². The third kappa shape index (κ3) is 33.9. The second-order valence-electron chi connectivity index (χ2n) is 35.1. The molecule has 0 fully saturated rings. The first-order valence-electron chi connectivity index (χ1n) is 43.0. The van der Waals surface area contributed by atoms with Gasteiger partial charge >= 0.3 is 101 Å². The third-order valence-corrected chi connectivity index (χ3v) is 24.9. The van der Waals surface area contributed by atoms with E-state index in [2.05, 4.69) is 4.85 Å². The van der Waals surface area contributed by atoms with E-state index in [-0.39, 0.29) is 85.9 Å². The number of alkyl halides is 20. The Labute approximate surface area is 802 Å². The number of thioether (sulfide) groups is 1. The molecule has 10 atom stereocenters. The average molecular weight is 2100 g/mol. The van der Waals surface area contributed by atoms with Crippen LogP contribution in [0.4, 0.5) is 105 Å². The largest absolute Gasteiger partial charge is 0.491 e. The minimum atomic E-state index is -7.75. The van der Waals surface area contributed by atoms with Gasteiger partial charge in [0.25, 0.3) is 17.1 Å². The molecule has 0 saturated heterocycles. The number of nitrogens with zero attached hydrogens (tertiary/aromatic N) is 4. The number of unbranched alkanes of at least 4 members (excludes halogenated alkanes) is 1. The smallest absolute Gasteiger partial charge is 0.384 e. The van der Waals surface area contributed by atoms with Crippen LogP contribution in [0.2, 0.25) is 25.7 Å². The molecule has 3 aromatic rings. The van der Waals surface area contributed by atoms with Crippen LogP contribution >= 0.6 is 24.0 Å². The van der Waals surface area contributed by atoms with Gasteiger partial charge < -0.3 is 66.4 Å². The van der Waals surface area contributed by atoms with Crippen LogP contribution < -0.4 is 14.2 Å². The molecule has 10 unspecified atom stereocenters. The SMILES string of the molecule is [C-]#[N+]C(C)(C)CC(CC(CC(C)(CC(CC(CC(CC(SC(C)=S)C(=O)OC(C)c1ccc(OCCOC)cc1[N+](=O)[O-])C(=O)OC(C)c1ccc(OCCOC)cc1[N+](=O)[O-])C(=O)OC(C)c1ccc(OCCOC)cc1[N+](=O)[O-])C(=O)OCCC(F)(F)C(F)(F)C(F)(F)C(F)(F)C(C)(F)F)C(=O)OCCCC)C(=O)OCCC(F)(F)C(F)(F)C(F)(F)C(F)(F)C(C)(F)F)C(=O)OCCC[Si](C)(C)C. The molecular formula is C87H112F20N4O26S2Si. The van der Waals surface area contributed by atoms with Crippen molar-refractivity contribution in [2.75, 3.05) is 87.4 Å². The second-order valence-corrected chi connectivity index (χ2v) is 43.0. The molecule has 0 aliphatic carbocycles. The minimum absolute atomic E-state index is 0.0183. The molecule has 0 amide bonds. The number of carbonyl (C=O) groups is 7. The summed E-state index contributed by atoms with van der Waals surface area (Å²) in [5.74, 6) is -96.8. The Balaban J connectivity index is 2.86. The molecule has 53 heteroatoms. The summed E-state index contributed by atoms with van der Waals surface area (Å²) in [7, 11) is 1.82. The molecule has 0 spiro atoms. The summed E-state index contributed by atoms with van der Waals surface area (Å²) in [5, 5.41) is 36.6. The summed E-state index contributed by atoms with van der Waals surface area (Å²) in [6.45, 7) is 13.2. The number of ether oxygens (including phenoxy) is 13. The van der Waals surface area contributed by atoms with Crippen LogP contribution in [0.25, 0.3) is 4.85 Å². The van der Waals surface area contributed by atoms with E-state index in [0.29, 0.717) is 24.7 Å². The highest BCUT2D eigenvalue weighted by Gasteiger charge is 2.86. The van der Waals surface area contributed by atoms with Gasteiger partial charge in [0.05, 0.1) is 144 Å². The van der Waals surface area contributed by atoms with E-state index < -0.39 is 314 Å². The number of nitro benzene ring substituents is 3. The summed E-state index contributed by atoms with van der Waals surface area (Å²) < 4.78 is 370. The highest BCUT2D eigenvalue weighted by atomic mass is 32.2. The van der Waals surface area contributed by atoms with Crippen molar-refractivity contribution in [1.82, 2.24) is 0 Å². The zero-order valence-electron chi connectivity index (χ0n) is 78.9.